The number of carbonyl (C=O) groups excluding carboxylic acids is 2. The number of rotatable bonds is 3. The van der Waals surface area contributed by atoms with E-state index in [9.17, 15) is 19.5 Å². The van der Waals surface area contributed by atoms with Gasteiger partial charge in [-0.1, -0.05) is 62.2 Å². The van der Waals surface area contributed by atoms with E-state index < -0.39 is 5.97 Å². The number of aromatic nitrogens is 1. The molecule has 2 aliphatic rings. The number of amides is 2. The van der Waals surface area contributed by atoms with Crippen molar-refractivity contribution in [2.24, 2.45) is 11.8 Å². The second-order valence-electron chi connectivity index (χ2n) is 8.61. The summed E-state index contributed by atoms with van der Waals surface area (Å²) in [6.45, 7) is 1.90. The number of carbonyl (C=O) groups is 3. The third-order valence-electron chi connectivity index (χ3n) is 6.60. The second kappa shape index (κ2) is 8.33. The predicted octanol–water partition coefficient (Wildman–Crippen LogP) is 5.33. The number of imide groups is 1. The summed E-state index contributed by atoms with van der Waals surface area (Å²) in [5.74, 6) is -1.95. The van der Waals surface area contributed by atoms with Gasteiger partial charge in [-0.2, -0.15) is 0 Å². The number of nitrogens with zero attached hydrogens (tertiary/aromatic N) is 2. The van der Waals surface area contributed by atoms with Gasteiger partial charge in [-0.15, -0.1) is 0 Å². The van der Waals surface area contributed by atoms with Crippen molar-refractivity contribution in [2.75, 3.05) is 4.90 Å². The van der Waals surface area contributed by atoms with Crippen LogP contribution in [0.3, 0.4) is 0 Å². The van der Waals surface area contributed by atoms with Crippen molar-refractivity contribution in [1.82, 2.24) is 4.98 Å². The van der Waals surface area contributed by atoms with Gasteiger partial charge in [0.25, 0.3) is 0 Å². The van der Waals surface area contributed by atoms with Crippen molar-refractivity contribution in [3.8, 4) is 11.3 Å². The number of para-hydroxylation sites is 1. The van der Waals surface area contributed by atoms with E-state index in [0.29, 0.717) is 40.7 Å². The lowest BCUT2D eigenvalue weighted by atomic mass is 9.81. The quantitative estimate of drug-likeness (QED) is 0.339. The van der Waals surface area contributed by atoms with Crippen LogP contribution in [0.4, 0.5) is 5.69 Å². The molecule has 3 aromatic rings. The number of alkyl halides is 2. The van der Waals surface area contributed by atoms with E-state index in [0.717, 1.165) is 5.56 Å². The van der Waals surface area contributed by atoms with E-state index in [1.165, 1.54) is 4.90 Å². The molecular formula is C25H20Br2N2O4. The van der Waals surface area contributed by atoms with Gasteiger partial charge in [0.1, 0.15) is 0 Å². The van der Waals surface area contributed by atoms with Crippen molar-refractivity contribution < 1.29 is 19.5 Å². The van der Waals surface area contributed by atoms with Crippen molar-refractivity contribution in [2.45, 2.75) is 29.4 Å². The average Bonchev–Trinajstić information content (AvgIpc) is 3.03. The van der Waals surface area contributed by atoms with Crippen molar-refractivity contribution >= 4 is 66.2 Å². The number of hydrogen-bond donors (Lipinski definition) is 1. The number of hydrogen-bond acceptors (Lipinski definition) is 4. The zero-order chi connectivity index (χ0) is 23.4. The first-order chi connectivity index (χ1) is 15.8. The third-order valence-corrected chi connectivity index (χ3v) is 9.34. The maximum absolute atomic E-state index is 13.1. The molecule has 2 heterocycles. The molecule has 8 heteroatoms. The monoisotopic (exact) mass is 570 g/mol. The highest BCUT2D eigenvalue weighted by atomic mass is 79.9. The molecule has 2 aromatic carbocycles. The first-order valence-electron chi connectivity index (χ1n) is 10.7. The van der Waals surface area contributed by atoms with Crippen LogP contribution in [0.25, 0.3) is 22.2 Å². The Hall–Kier alpha value is -2.58. The smallest absolute Gasteiger partial charge is 0.336 e. The van der Waals surface area contributed by atoms with Gasteiger partial charge in [0.05, 0.1) is 34.3 Å². The number of pyridine rings is 1. The molecule has 1 aromatic heterocycles. The third kappa shape index (κ3) is 3.69. The summed E-state index contributed by atoms with van der Waals surface area (Å²) in [5, 5.41) is 10.3. The lowest BCUT2D eigenvalue weighted by Gasteiger charge is -2.29. The van der Waals surface area contributed by atoms with E-state index >= 15 is 0 Å². The summed E-state index contributed by atoms with van der Waals surface area (Å²) >= 11 is 7.22. The molecule has 1 aliphatic carbocycles. The maximum Gasteiger partial charge on any atom is 0.336 e. The normalized spacial score (nSPS) is 24.9. The molecule has 168 valence electrons. The minimum Gasteiger partial charge on any atom is -0.478 e. The molecule has 1 saturated heterocycles. The molecule has 0 radical (unpaired) electrons. The zero-order valence-corrected chi connectivity index (χ0v) is 20.8. The SMILES string of the molecule is Cc1cccc2c(C(=O)O)cc(-c3ccc(N4C(=O)C5CC(Br)C(Br)CC5C4=O)cc3)nc12. The molecule has 33 heavy (non-hydrogen) atoms. The summed E-state index contributed by atoms with van der Waals surface area (Å²) in [4.78, 5) is 44.3. The fourth-order valence-corrected chi connectivity index (χ4v) is 6.08. The summed E-state index contributed by atoms with van der Waals surface area (Å²) in [6, 6.07) is 14.0. The van der Waals surface area contributed by atoms with Gasteiger partial charge in [-0.25, -0.2) is 9.78 Å². The largest absolute Gasteiger partial charge is 0.478 e. The first kappa shape index (κ1) is 22.2. The topological polar surface area (TPSA) is 87.6 Å². The van der Waals surface area contributed by atoms with E-state index in [4.69, 9.17) is 4.98 Å². The fourth-order valence-electron chi connectivity index (χ4n) is 4.85. The summed E-state index contributed by atoms with van der Waals surface area (Å²) in [7, 11) is 0. The van der Waals surface area contributed by atoms with Gasteiger partial charge in [-0.3, -0.25) is 14.5 Å². The Bertz CT molecular complexity index is 1280. The first-order valence-corrected chi connectivity index (χ1v) is 12.5. The molecule has 4 atom stereocenters. The van der Waals surface area contributed by atoms with Crippen molar-refractivity contribution in [3.05, 3.63) is 59.7 Å². The van der Waals surface area contributed by atoms with E-state index in [1.807, 2.05) is 19.1 Å². The second-order valence-corrected chi connectivity index (χ2v) is 11.0. The predicted molar refractivity (Wildman–Crippen MR) is 133 cm³/mol. The van der Waals surface area contributed by atoms with Crippen molar-refractivity contribution in [3.63, 3.8) is 0 Å². The molecule has 1 N–H and O–H groups in total. The molecule has 0 bridgehead atoms. The highest BCUT2D eigenvalue weighted by molar-refractivity contribution is 9.12. The van der Waals surface area contributed by atoms with Gasteiger partial charge >= 0.3 is 5.97 Å². The number of carboxylic acids is 1. The van der Waals surface area contributed by atoms with E-state index in [1.54, 1.807) is 36.4 Å². The molecule has 2 fully saturated rings. The molecule has 4 unspecified atom stereocenters. The van der Waals surface area contributed by atoms with Crippen LogP contribution in [0.15, 0.2) is 48.5 Å². The summed E-state index contributed by atoms with van der Waals surface area (Å²) in [6.07, 6.45) is 1.25. The van der Waals surface area contributed by atoms with Crippen LogP contribution in [0.5, 0.6) is 0 Å². The number of aryl methyl sites for hydroxylation is 1. The highest BCUT2D eigenvalue weighted by Gasteiger charge is 2.52. The minimum atomic E-state index is -1.02. The van der Waals surface area contributed by atoms with Crippen LogP contribution >= 0.6 is 31.9 Å². The Kier molecular flexibility index (Phi) is 5.61. The Morgan fingerprint density at radius 3 is 2.18 bits per heavy atom. The van der Waals surface area contributed by atoms with Crippen LogP contribution in [0.1, 0.15) is 28.8 Å². The lowest BCUT2D eigenvalue weighted by molar-refractivity contribution is -0.122. The minimum absolute atomic E-state index is 0.156. The maximum atomic E-state index is 13.1. The van der Waals surface area contributed by atoms with Crippen LogP contribution in [-0.4, -0.2) is 37.5 Å². The van der Waals surface area contributed by atoms with Gasteiger partial charge in [0.2, 0.25) is 11.8 Å². The van der Waals surface area contributed by atoms with E-state index in [2.05, 4.69) is 31.9 Å². The molecule has 5 rings (SSSR count). The Labute approximate surface area is 207 Å². The van der Waals surface area contributed by atoms with Crippen LogP contribution in [0, 0.1) is 18.8 Å². The Morgan fingerprint density at radius 1 is 1.00 bits per heavy atom. The summed E-state index contributed by atoms with van der Waals surface area (Å²) < 4.78 is 0. The molecular weight excluding hydrogens is 552 g/mol. The van der Waals surface area contributed by atoms with Gasteiger partial charge in [0.15, 0.2) is 0 Å². The standard InChI is InChI=1S/C25H20Br2N2O4/c1-12-3-2-4-15-18(25(32)33)11-21(28-22(12)15)13-5-7-14(8-6-13)29-23(30)16-9-19(26)20(27)10-17(16)24(29)31/h2-8,11,16-17,19-20H,9-10H2,1H3,(H,32,33). The Morgan fingerprint density at radius 2 is 1.61 bits per heavy atom. The van der Waals surface area contributed by atoms with Crippen LogP contribution < -0.4 is 4.90 Å². The number of halogens is 2. The number of anilines is 1. The number of fused-ring (bicyclic) bond motifs is 2. The zero-order valence-electron chi connectivity index (χ0n) is 17.7. The van der Waals surface area contributed by atoms with Gasteiger partial charge in [-0.05, 0) is 43.5 Å². The van der Waals surface area contributed by atoms with Gasteiger partial charge in [0, 0.05) is 20.6 Å². The number of aromatic carboxylic acids is 1. The van der Waals surface area contributed by atoms with E-state index in [-0.39, 0.29) is 38.9 Å². The number of carboxylic acid groups (broad SMARTS) is 1. The fraction of sp³-hybridized carbons (Fsp3) is 0.280. The molecule has 1 saturated carbocycles. The lowest BCUT2D eigenvalue weighted by Crippen LogP contribution is -2.34. The molecule has 0 spiro atoms. The summed E-state index contributed by atoms with van der Waals surface area (Å²) in [5.41, 5.74) is 3.47. The number of benzene rings is 2. The average molecular weight is 572 g/mol. The van der Waals surface area contributed by atoms with Crippen molar-refractivity contribution in [1.29, 1.82) is 0 Å². The highest BCUT2D eigenvalue weighted by Crippen LogP contribution is 2.44. The molecule has 6 nitrogen and oxygen atoms in total. The Balaban J connectivity index is 1.50. The molecule has 1 aliphatic heterocycles. The van der Waals surface area contributed by atoms with Gasteiger partial charge < -0.3 is 5.11 Å². The van der Waals surface area contributed by atoms with Crippen LogP contribution in [-0.2, 0) is 9.59 Å². The van der Waals surface area contributed by atoms with Crippen LogP contribution in [0.2, 0.25) is 0 Å². The molecule has 2 amide bonds.